The molecule has 0 spiro atoms. The second-order valence-electron chi connectivity index (χ2n) is 10.9. The van der Waals surface area contributed by atoms with Crippen LogP contribution in [0.25, 0.3) is 0 Å². The maximum atomic E-state index is 13.8. The van der Waals surface area contributed by atoms with E-state index in [1.54, 1.807) is 60.6 Å². The number of amides is 3. The van der Waals surface area contributed by atoms with Crippen LogP contribution in [-0.4, -0.2) is 62.9 Å². The van der Waals surface area contributed by atoms with Gasteiger partial charge >= 0.3 is 6.09 Å². The number of aliphatic hydroxyl groups excluding tert-OH is 1. The minimum atomic E-state index is -1.33. The van der Waals surface area contributed by atoms with Crippen LogP contribution >= 0.6 is 0 Å². The molecule has 9 heteroatoms. The van der Waals surface area contributed by atoms with Gasteiger partial charge in [-0.1, -0.05) is 19.4 Å². The Kier molecular flexibility index (Phi) is 10.6. The van der Waals surface area contributed by atoms with Crippen molar-refractivity contribution in [2.45, 2.75) is 104 Å². The van der Waals surface area contributed by atoms with Gasteiger partial charge in [-0.25, -0.2) is 4.79 Å². The zero-order chi connectivity index (χ0) is 27.1. The Morgan fingerprint density at radius 2 is 1.69 bits per heavy atom. The number of alkyl carbamates (subject to hydrolysis) is 1. The number of phenolic OH excluding ortho intramolecular Hbond substituents is 1. The highest BCUT2D eigenvalue weighted by atomic mass is 16.6. The van der Waals surface area contributed by atoms with E-state index in [-0.39, 0.29) is 11.8 Å². The van der Waals surface area contributed by atoms with Crippen LogP contribution in [0.3, 0.4) is 0 Å². The molecule has 0 radical (unpaired) electrons. The molecule has 0 bridgehead atoms. The summed E-state index contributed by atoms with van der Waals surface area (Å²) in [6.07, 6.45) is 0.783. The average Bonchev–Trinajstić information content (AvgIpc) is 2.69. The van der Waals surface area contributed by atoms with E-state index in [1.807, 2.05) is 13.8 Å². The molecule has 3 atom stereocenters. The number of nitrogens with one attached hydrogen (secondary N) is 2. The lowest BCUT2D eigenvalue weighted by Crippen LogP contribution is -2.59. The number of rotatable bonds is 9. The van der Waals surface area contributed by atoms with Gasteiger partial charge in [0.15, 0.2) is 0 Å². The molecule has 0 aliphatic carbocycles. The van der Waals surface area contributed by atoms with Gasteiger partial charge in [0.25, 0.3) is 0 Å². The first-order valence-electron chi connectivity index (χ1n) is 12.0. The summed E-state index contributed by atoms with van der Waals surface area (Å²) in [5.74, 6) is -0.964. The zero-order valence-electron chi connectivity index (χ0n) is 22.6. The van der Waals surface area contributed by atoms with Gasteiger partial charge < -0.3 is 30.5 Å². The number of aryl methyl sites for hydroxylation is 1. The quantitative estimate of drug-likeness (QED) is 0.416. The SMILES string of the molecule is CCCC(C)NC(=O)C(c1ccc(O)c(C)c1)N(C(=O)C(CO)NC(=O)OC(C)(C)C)C(C)(C)C. The number of carbonyl (C=O) groups is 3. The van der Waals surface area contributed by atoms with Gasteiger partial charge in [-0.3, -0.25) is 9.59 Å². The van der Waals surface area contributed by atoms with Gasteiger partial charge in [-0.2, -0.15) is 0 Å². The fourth-order valence-corrected chi connectivity index (χ4v) is 3.74. The number of aromatic hydroxyl groups is 1. The van der Waals surface area contributed by atoms with E-state index in [0.717, 1.165) is 12.8 Å². The molecule has 1 aromatic rings. The Bertz CT molecular complexity index is 888. The summed E-state index contributed by atoms with van der Waals surface area (Å²) in [7, 11) is 0. The number of phenols is 1. The van der Waals surface area contributed by atoms with E-state index in [2.05, 4.69) is 10.6 Å². The lowest BCUT2D eigenvalue weighted by Gasteiger charge is -2.43. The third kappa shape index (κ3) is 9.05. The predicted molar refractivity (Wildman–Crippen MR) is 135 cm³/mol. The molecule has 198 valence electrons. The molecule has 3 amide bonds. The number of aliphatic hydroxyl groups is 1. The highest BCUT2D eigenvalue weighted by Crippen LogP contribution is 2.32. The lowest BCUT2D eigenvalue weighted by molar-refractivity contribution is -0.149. The van der Waals surface area contributed by atoms with Gasteiger partial charge in [0.2, 0.25) is 11.8 Å². The fourth-order valence-electron chi connectivity index (χ4n) is 3.74. The largest absolute Gasteiger partial charge is 0.508 e. The first-order chi connectivity index (χ1) is 16.0. The topological polar surface area (TPSA) is 128 Å². The van der Waals surface area contributed by atoms with Crippen molar-refractivity contribution >= 4 is 17.9 Å². The minimum absolute atomic E-state index is 0.0701. The van der Waals surface area contributed by atoms with Crippen molar-refractivity contribution in [3.8, 4) is 5.75 Å². The highest BCUT2D eigenvalue weighted by Gasteiger charge is 2.42. The van der Waals surface area contributed by atoms with Gasteiger partial charge in [0, 0.05) is 11.6 Å². The fraction of sp³-hybridized carbons (Fsp3) is 0.654. The molecule has 1 rings (SSSR count). The first-order valence-corrected chi connectivity index (χ1v) is 12.0. The number of benzene rings is 1. The Morgan fingerprint density at radius 1 is 1.09 bits per heavy atom. The van der Waals surface area contributed by atoms with E-state index >= 15 is 0 Å². The van der Waals surface area contributed by atoms with Crippen molar-refractivity contribution in [3.05, 3.63) is 29.3 Å². The summed E-state index contributed by atoms with van der Waals surface area (Å²) < 4.78 is 5.25. The van der Waals surface area contributed by atoms with Crippen LogP contribution in [0, 0.1) is 6.92 Å². The smallest absolute Gasteiger partial charge is 0.408 e. The number of nitrogens with zero attached hydrogens (tertiary/aromatic N) is 1. The van der Waals surface area contributed by atoms with E-state index in [0.29, 0.717) is 11.1 Å². The summed E-state index contributed by atoms with van der Waals surface area (Å²) in [6.45, 7) is 15.3. The summed E-state index contributed by atoms with van der Waals surface area (Å²) in [5.41, 5.74) is -0.618. The highest BCUT2D eigenvalue weighted by molar-refractivity contribution is 5.92. The van der Waals surface area contributed by atoms with E-state index in [9.17, 15) is 24.6 Å². The van der Waals surface area contributed by atoms with Crippen molar-refractivity contribution < 1.29 is 29.3 Å². The summed E-state index contributed by atoms with van der Waals surface area (Å²) in [6, 6.07) is 2.21. The number of hydrogen-bond acceptors (Lipinski definition) is 6. The second kappa shape index (κ2) is 12.2. The number of carbonyl (C=O) groups excluding carboxylic acids is 3. The lowest BCUT2D eigenvalue weighted by atomic mass is 9.94. The van der Waals surface area contributed by atoms with Gasteiger partial charge in [-0.05, 0) is 85.1 Å². The van der Waals surface area contributed by atoms with Crippen molar-refractivity contribution in [3.63, 3.8) is 0 Å². The van der Waals surface area contributed by atoms with Crippen LogP contribution in [-0.2, 0) is 14.3 Å². The Morgan fingerprint density at radius 3 is 2.14 bits per heavy atom. The summed E-state index contributed by atoms with van der Waals surface area (Å²) >= 11 is 0. The van der Waals surface area contributed by atoms with E-state index < -0.39 is 47.7 Å². The third-order valence-corrected chi connectivity index (χ3v) is 5.29. The molecule has 35 heavy (non-hydrogen) atoms. The van der Waals surface area contributed by atoms with Crippen molar-refractivity contribution in [1.29, 1.82) is 0 Å². The Balaban J connectivity index is 3.52. The Labute approximate surface area is 209 Å². The van der Waals surface area contributed by atoms with Crippen molar-refractivity contribution in [2.24, 2.45) is 0 Å². The normalized spacial score (nSPS) is 14.5. The molecule has 0 heterocycles. The first kappa shape index (κ1) is 30.2. The molecule has 0 aliphatic heterocycles. The second-order valence-corrected chi connectivity index (χ2v) is 10.9. The zero-order valence-corrected chi connectivity index (χ0v) is 22.6. The minimum Gasteiger partial charge on any atom is -0.508 e. The van der Waals surface area contributed by atoms with Gasteiger partial charge in [0.05, 0.1) is 6.61 Å². The van der Waals surface area contributed by atoms with E-state index in [4.69, 9.17) is 4.74 Å². The standard InChI is InChI=1S/C26H43N3O6/c1-10-11-17(3)27-22(32)21(18-12-13-20(31)16(2)14-18)29(25(4,5)6)23(33)19(15-30)28-24(34)35-26(7,8)9/h12-14,17,19,21,30-31H,10-11,15H2,1-9H3,(H,27,32)(H,28,34). The molecule has 0 saturated carbocycles. The predicted octanol–water partition coefficient (Wildman–Crippen LogP) is 3.56. The van der Waals surface area contributed by atoms with Crippen LogP contribution in [0.5, 0.6) is 5.75 Å². The van der Waals surface area contributed by atoms with Gasteiger partial charge in [0.1, 0.15) is 23.4 Å². The summed E-state index contributed by atoms with van der Waals surface area (Å²) in [5, 5.41) is 25.4. The van der Waals surface area contributed by atoms with E-state index in [1.165, 1.54) is 11.0 Å². The molecule has 4 N–H and O–H groups in total. The van der Waals surface area contributed by atoms with Crippen LogP contribution < -0.4 is 10.6 Å². The van der Waals surface area contributed by atoms with Crippen LogP contribution in [0.2, 0.25) is 0 Å². The maximum Gasteiger partial charge on any atom is 0.408 e. The maximum absolute atomic E-state index is 13.8. The van der Waals surface area contributed by atoms with Crippen LogP contribution in [0.15, 0.2) is 18.2 Å². The molecule has 9 nitrogen and oxygen atoms in total. The molecule has 1 aromatic carbocycles. The molecular formula is C26H43N3O6. The molecule has 0 fully saturated rings. The van der Waals surface area contributed by atoms with Crippen molar-refractivity contribution in [1.82, 2.24) is 15.5 Å². The molecule has 0 aromatic heterocycles. The Hall–Kier alpha value is -2.81. The van der Waals surface area contributed by atoms with Gasteiger partial charge in [-0.15, -0.1) is 0 Å². The molecule has 0 saturated heterocycles. The third-order valence-electron chi connectivity index (χ3n) is 5.29. The molecule has 3 unspecified atom stereocenters. The average molecular weight is 494 g/mol. The van der Waals surface area contributed by atoms with Crippen LogP contribution in [0.4, 0.5) is 4.79 Å². The summed E-state index contributed by atoms with van der Waals surface area (Å²) in [4.78, 5) is 41.1. The van der Waals surface area contributed by atoms with Crippen LogP contribution in [0.1, 0.15) is 85.4 Å². The monoisotopic (exact) mass is 493 g/mol. The molecule has 0 aliphatic rings. The van der Waals surface area contributed by atoms with Crippen molar-refractivity contribution in [2.75, 3.05) is 6.61 Å². The number of ether oxygens (including phenoxy) is 1. The molecular weight excluding hydrogens is 450 g/mol. The number of hydrogen-bond donors (Lipinski definition) is 4.